The smallest absolute Gasteiger partial charge is 0.0999 e. The first kappa shape index (κ1) is 10.9. The van der Waals surface area contributed by atoms with Crippen LogP contribution in [0.5, 0.6) is 0 Å². The van der Waals surface area contributed by atoms with E-state index in [0.29, 0.717) is 4.59 Å². The summed E-state index contributed by atoms with van der Waals surface area (Å²) in [5.74, 6) is 0. The van der Waals surface area contributed by atoms with Crippen molar-refractivity contribution in [1.82, 2.24) is 0 Å². The van der Waals surface area contributed by atoms with Crippen molar-refractivity contribution in [2.45, 2.75) is 13.8 Å². The highest BCUT2D eigenvalue weighted by Gasteiger charge is 2.06. The molecule has 2 heteroatoms. The molecule has 1 aromatic rings. The highest BCUT2D eigenvalue weighted by molar-refractivity contribution is 5.98. The van der Waals surface area contributed by atoms with Gasteiger partial charge in [0, 0.05) is 5.56 Å². The van der Waals surface area contributed by atoms with Crippen LogP contribution in [0.1, 0.15) is 18.1 Å². The maximum absolute atomic E-state index is 4.56. The van der Waals surface area contributed by atoms with Gasteiger partial charge in [0.05, 0.1) is 26.9 Å². The van der Waals surface area contributed by atoms with Crippen LogP contribution in [0.15, 0.2) is 29.4 Å². The Balaban J connectivity index is 2.95. The van der Waals surface area contributed by atoms with Crippen LogP contribution in [-0.2, 0) is 0 Å². The van der Waals surface area contributed by atoms with E-state index in [9.17, 15) is 0 Å². The molecule has 0 bridgehead atoms. The highest BCUT2D eigenvalue weighted by atomic mass is 15.6. The first-order valence-corrected chi connectivity index (χ1v) is 4.84. The average Bonchev–Trinajstić information content (AvgIpc) is 2.02. The quantitative estimate of drug-likeness (QED) is 0.387. The lowest BCUT2D eigenvalue weighted by molar-refractivity contribution is -0.877. The lowest BCUT2D eigenvalue weighted by Crippen LogP contribution is -2.28. The molecule has 0 heterocycles. The third-order valence-corrected chi connectivity index (χ3v) is 1.92. The molecule has 0 amide bonds. The zero-order valence-electron chi connectivity index (χ0n) is 9.70. The summed E-state index contributed by atoms with van der Waals surface area (Å²) in [5, 5.41) is 4.56. The van der Waals surface area contributed by atoms with E-state index in [-0.39, 0.29) is 0 Å². The summed E-state index contributed by atoms with van der Waals surface area (Å²) >= 11 is 0. The highest BCUT2D eigenvalue weighted by Crippen LogP contribution is 2.06. The van der Waals surface area contributed by atoms with Gasteiger partial charge in [-0.3, -0.25) is 0 Å². The molecule has 0 saturated carbocycles. The van der Waals surface area contributed by atoms with Gasteiger partial charge in [-0.1, -0.05) is 34.9 Å². The van der Waals surface area contributed by atoms with E-state index in [1.807, 2.05) is 6.92 Å². The fourth-order valence-corrected chi connectivity index (χ4v) is 1.30. The summed E-state index contributed by atoms with van der Waals surface area (Å²) < 4.78 is 0.611. The summed E-state index contributed by atoms with van der Waals surface area (Å²) in [6, 6.07) is 8.46. The van der Waals surface area contributed by atoms with Gasteiger partial charge < -0.3 is 0 Å². The molecule has 0 fully saturated rings. The van der Waals surface area contributed by atoms with Crippen LogP contribution < -0.4 is 0 Å². The van der Waals surface area contributed by atoms with Crippen molar-refractivity contribution in [3.05, 3.63) is 35.4 Å². The normalized spacial score (nSPS) is 13.1. The second kappa shape index (κ2) is 3.93. The van der Waals surface area contributed by atoms with Gasteiger partial charge in [0.1, 0.15) is 0 Å². The summed E-state index contributed by atoms with van der Waals surface area (Å²) in [7, 11) is 6.16. The lowest BCUT2D eigenvalue weighted by Gasteiger charge is -2.16. The fraction of sp³-hybridized carbons (Fsp3) is 0.417. The standard InChI is InChI=1S/C12H19N2/c1-10-6-8-12(9-7-10)11(2)13-14(3,4)5/h6-9H,1-5H3/q+1. The van der Waals surface area contributed by atoms with Crippen molar-refractivity contribution >= 4 is 5.71 Å². The summed E-state index contributed by atoms with van der Waals surface area (Å²) in [4.78, 5) is 0. The Morgan fingerprint density at radius 3 is 2.00 bits per heavy atom. The van der Waals surface area contributed by atoms with Crippen molar-refractivity contribution in [2.75, 3.05) is 21.1 Å². The van der Waals surface area contributed by atoms with Crippen molar-refractivity contribution < 1.29 is 4.59 Å². The fourth-order valence-electron chi connectivity index (χ4n) is 1.30. The first-order chi connectivity index (χ1) is 6.38. The van der Waals surface area contributed by atoms with Crippen LogP contribution in [0.25, 0.3) is 0 Å². The number of nitrogens with zero attached hydrogens (tertiary/aromatic N) is 2. The average molecular weight is 191 g/mol. The van der Waals surface area contributed by atoms with Crippen LogP contribution >= 0.6 is 0 Å². The Kier molecular flexibility index (Phi) is 3.06. The molecule has 14 heavy (non-hydrogen) atoms. The molecular formula is C12H19N2+. The molecule has 76 valence electrons. The van der Waals surface area contributed by atoms with Crippen molar-refractivity contribution in [3.63, 3.8) is 0 Å². The largest absolute Gasteiger partial charge is 0.205 e. The lowest BCUT2D eigenvalue weighted by atomic mass is 10.1. The molecule has 0 aliphatic carbocycles. The van der Waals surface area contributed by atoms with Crippen molar-refractivity contribution in [1.29, 1.82) is 0 Å². The molecule has 0 unspecified atom stereocenters. The molecule has 0 spiro atoms. The third-order valence-electron chi connectivity index (χ3n) is 1.92. The molecule has 0 aliphatic rings. The second-order valence-electron chi connectivity index (χ2n) is 4.49. The van der Waals surface area contributed by atoms with E-state index in [2.05, 4.69) is 57.4 Å². The molecule has 0 radical (unpaired) electrons. The minimum atomic E-state index is 0.611. The van der Waals surface area contributed by atoms with E-state index < -0.39 is 0 Å². The molecule has 1 aromatic carbocycles. The van der Waals surface area contributed by atoms with Gasteiger partial charge in [-0.05, 0) is 13.8 Å². The minimum Gasteiger partial charge on any atom is -0.205 e. The Labute approximate surface area is 86.5 Å². The maximum atomic E-state index is 4.56. The third kappa shape index (κ3) is 3.30. The van der Waals surface area contributed by atoms with Gasteiger partial charge in [0.15, 0.2) is 0 Å². The predicted molar refractivity (Wildman–Crippen MR) is 61.4 cm³/mol. The SMILES string of the molecule is CC(=N[N+](C)(C)C)c1ccc(C)cc1. The van der Waals surface area contributed by atoms with Crippen LogP contribution in [0.3, 0.4) is 0 Å². The van der Waals surface area contributed by atoms with Gasteiger partial charge in [0.2, 0.25) is 0 Å². The molecule has 0 atom stereocenters. The second-order valence-corrected chi connectivity index (χ2v) is 4.49. The number of hydrogen-bond donors (Lipinski definition) is 0. The van der Waals surface area contributed by atoms with E-state index in [1.165, 1.54) is 11.1 Å². The number of hydrogen-bond acceptors (Lipinski definition) is 1. The Morgan fingerprint density at radius 1 is 1.07 bits per heavy atom. The monoisotopic (exact) mass is 191 g/mol. The molecule has 0 N–H and O–H groups in total. The van der Waals surface area contributed by atoms with E-state index >= 15 is 0 Å². The predicted octanol–water partition coefficient (Wildman–Crippen LogP) is 2.43. The molecule has 0 saturated heterocycles. The Hall–Kier alpha value is -1.15. The maximum Gasteiger partial charge on any atom is 0.0999 e. The molecule has 2 nitrogen and oxygen atoms in total. The summed E-state index contributed by atoms with van der Waals surface area (Å²) in [6.45, 7) is 4.14. The van der Waals surface area contributed by atoms with Gasteiger partial charge in [0.25, 0.3) is 0 Å². The molecule has 0 aliphatic heterocycles. The Bertz CT molecular complexity index is 328. The number of rotatable bonds is 2. The van der Waals surface area contributed by atoms with Gasteiger partial charge >= 0.3 is 0 Å². The van der Waals surface area contributed by atoms with Crippen LogP contribution in [0.4, 0.5) is 0 Å². The first-order valence-electron chi connectivity index (χ1n) is 4.84. The summed E-state index contributed by atoms with van der Waals surface area (Å²) in [6.07, 6.45) is 0. The number of quaternary nitrogens is 1. The minimum absolute atomic E-state index is 0.611. The zero-order valence-corrected chi connectivity index (χ0v) is 9.70. The van der Waals surface area contributed by atoms with E-state index in [1.54, 1.807) is 0 Å². The van der Waals surface area contributed by atoms with Crippen LogP contribution in [0, 0.1) is 6.92 Å². The molecule has 0 aromatic heterocycles. The van der Waals surface area contributed by atoms with Crippen molar-refractivity contribution in [3.8, 4) is 0 Å². The van der Waals surface area contributed by atoms with E-state index in [0.717, 1.165) is 5.71 Å². The Morgan fingerprint density at radius 2 is 1.57 bits per heavy atom. The topological polar surface area (TPSA) is 12.4 Å². The van der Waals surface area contributed by atoms with Gasteiger partial charge in [-0.15, -0.1) is 0 Å². The van der Waals surface area contributed by atoms with Gasteiger partial charge in [-0.2, -0.15) is 0 Å². The van der Waals surface area contributed by atoms with Crippen molar-refractivity contribution in [2.24, 2.45) is 5.10 Å². The zero-order chi connectivity index (χ0) is 10.8. The van der Waals surface area contributed by atoms with Crippen LogP contribution in [-0.4, -0.2) is 31.4 Å². The molecule has 1 rings (SSSR count). The molecular weight excluding hydrogens is 172 g/mol. The van der Waals surface area contributed by atoms with E-state index in [4.69, 9.17) is 0 Å². The summed E-state index contributed by atoms with van der Waals surface area (Å²) in [5.41, 5.74) is 3.56. The van der Waals surface area contributed by atoms with Crippen LogP contribution in [0.2, 0.25) is 0 Å². The number of benzene rings is 1. The number of aryl methyl sites for hydroxylation is 1. The van der Waals surface area contributed by atoms with Gasteiger partial charge in [-0.25, -0.2) is 4.59 Å².